The van der Waals surface area contributed by atoms with Gasteiger partial charge in [0.2, 0.25) is 0 Å². The zero-order chi connectivity index (χ0) is 27.5. The molecule has 202 valence electrons. The van der Waals surface area contributed by atoms with Crippen LogP contribution in [0.25, 0.3) is 20.5 Å². The van der Waals surface area contributed by atoms with E-state index in [1.165, 1.54) is 6.07 Å². The highest BCUT2D eigenvalue weighted by Gasteiger charge is 2.22. The van der Waals surface area contributed by atoms with E-state index in [0.29, 0.717) is 36.9 Å². The van der Waals surface area contributed by atoms with Gasteiger partial charge in [-0.15, -0.1) is 11.3 Å². The standard InChI is InChI=1S/C33H27BrFNO3S/c34-25-8-6-24(7-9-25)33-32(28-12-10-26(19-31(28)40-33)38-21-23-4-2-1-3-5-23)39-27-11-13-30(29(35)18-27)36-16-14-22(20-37)15-17-36/h1-13,18-20,22H,14-17,21H2. The van der Waals surface area contributed by atoms with Crippen molar-refractivity contribution in [3.05, 3.63) is 107 Å². The van der Waals surface area contributed by atoms with E-state index in [1.807, 2.05) is 83.8 Å². The highest BCUT2D eigenvalue weighted by Crippen LogP contribution is 2.47. The lowest BCUT2D eigenvalue weighted by Crippen LogP contribution is -2.34. The largest absolute Gasteiger partial charge is 0.489 e. The second-order valence-electron chi connectivity index (χ2n) is 9.88. The van der Waals surface area contributed by atoms with E-state index >= 15 is 4.39 Å². The van der Waals surface area contributed by atoms with Crippen LogP contribution in [0, 0.1) is 11.7 Å². The van der Waals surface area contributed by atoms with Gasteiger partial charge in [-0.2, -0.15) is 0 Å². The molecule has 4 nitrogen and oxygen atoms in total. The molecule has 1 saturated heterocycles. The first-order valence-electron chi connectivity index (χ1n) is 13.2. The number of carbonyl (C=O) groups excluding carboxylic acids is 1. The SMILES string of the molecule is O=CC1CCN(c2ccc(Oc3c(-c4ccc(Br)cc4)sc4cc(OCc5ccccc5)ccc34)cc2F)CC1. The van der Waals surface area contributed by atoms with Crippen molar-refractivity contribution in [2.45, 2.75) is 19.4 Å². The van der Waals surface area contributed by atoms with Crippen LogP contribution >= 0.6 is 27.3 Å². The maximum atomic E-state index is 15.3. The van der Waals surface area contributed by atoms with E-state index < -0.39 is 0 Å². The first kappa shape index (κ1) is 26.5. The molecule has 0 spiro atoms. The number of piperidine rings is 1. The normalized spacial score (nSPS) is 13.9. The minimum Gasteiger partial charge on any atom is -0.489 e. The lowest BCUT2D eigenvalue weighted by molar-refractivity contribution is -0.111. The van der Waals surface area contributed by atoms with Crippen LogP contribution < -0.4 is 14.4 Å². The van der Waals surface area contributed by atoms with Crippen LogP contribution in [0.2, 0.25) is 0 Å². The number of benzene rings is 4. The lowest BCUT2D eigenvalue weighted by atomic mass is 9.98. The summed E-state index contributed by atoms with van der Waals surface area (Å²) in [6, 6.07) is 29.2. The number of nitrogens with zero attached hydrogens (tertiary/aromatic N) is 1. The average Bonchev–Trinajstić information content (AvgIpc) is 3.34. The molecule has 40 heavy (non-hydrogen) atoms. The van der Waals surface area contributed by atoms with Gasteiger partial charge in [-0.3, -0.25) is 0 Å². The molecular weight excluding hydrogens is 589 g/mol. The molecule has 7 heteroatoms. The van der Waals surface area contributed by atoms with Gasteiger partial charge in [-0.1, -0.05) is 58.4 Å². The molecule has 0 unspecified atom stereocenters. The molecule has 2 heterocycles. The summed E-state index contributed by atoms with van der Waals surface area (Å²) in [6.45, 7) is 1.81. The highest BCUT2D eigenvalue weighted by atomic mass is 79.9. The van der Waals surface area contributed by atoms with Gasteiger partial charge in [0.05, 0.1) is 10.6 Å². The van der Waals surface area contributed by atoms with Gasteiger partial charge in [0.15, 0.2) is 5.75 Å². The van der Waals surface area contributed by atoms with Crippen molar-refractivity contribution in [1.29, 1.82) is 0 Å². The summed E-state index contributed by atoms with van der Waals surface area (Å²) in [5.74, 6) is 1.64. The molecule has 0 bridgehead atoms. The first-order chi connectivity index (χ1) is 19.6. The van der Waals surface area contributed by atoms with Gasteiger partial charge >= 0.3 is 0 Å². The summed E-state index contributed by atoms with van der Waals surface area (Å²) in [5, 5.41) is 0.940. The number of carbonyl (C=O) groups is 1. The maximum absolute atomic E-state index is 15.3. The fourth-order valence-corrected chi connectivity index (χ4v) is 6.41. The first-order valence-corrected chi connectivity index (χ1v) is 14.9. The smallest absolute Gasteiger partial charge is 0.153 e. The van der Waals surface area contributed by atoms with Crippen molar-refractivity contribution in [3.63, 3.8) is 0 Å². The summed E-state index contributed by atoms with van der Waals surface area (Å²) < 4.78 is 29.8. The fourth-order valence-electron chi connectivity index (χ4n) is 4.98. The molecule has 0 atom stereocenters. The molecule has 1 aliphatic heterocycles. The Labute approximate surface area is 245 Å². The number of thiophene rings is 1. The molecule has 1 fully saturated rings. The van der Waals surface area contributed by atoms with E-state index in [1.54, 1.807) is 17.4 Å². The second kappa shape index (κ2) is 11.8. The Morgan fingerprint density at radius 2 is 1.68 bits per heavy atom. The summed E-state index contributed by atoms with van der Waals surface area (Å²) in [6.07, 6.45) is 2.50. The molecule has 6 rings (SSSR count). The minimum absolute atomic E-state index is 0.0649. The Bertz CT molecular complexity index is 1630. The van der Waals surface area contributed by atoms with Gasteiger partial charge < -0.3 is 19.2 Å². The summed E-state index contributed by atoms with van der Waals surface area (Å²) in [5.41, 5.74) is 2.66. The van der Waals surface area contributed by atoms with Crippen molar-refractivity contribution < 1.29 is 18.7 Å². The number of hydrogen-bond donors (Lipinski definition) is 0. The van der Waals surface area contributed by atoms with Crippen LogP contribution in [-0.2, 0) is 11.4 Å². The number of aldehydes is 1. The van der Waals surface area contributed by atoms with Crippen molar-refractivity contribution in [3.8, 4) is 27.7 Å². The second-order valence-corrected chi connectivity index (χ2v) is 11.8. The van der Waals surface area contributed by atoms with Crippen LogP contribution in [0.4, 0.5) is 10.1 Å². The number of halogens is 2. The Kier molecular flexibility index (Phi) is 7.84. The Hall–Kier alpha value is -3.68. The van der Waals surface area contributed by atoms with Crippen molar-refractivity contribution in [1.82, 2.24) is 0 Å². The Balaban J connectivity index is 1.30. The van der Waals surface area contributed by atoms with Gasteiger partial charge in [0.25, 0.3) is 0 Å². The molecule has 5 aromatic rings. The highest BCUT2D eigenvalue weighted by molar-refractivity contribution is 9.10. The van der Waals surface area contributed by atoms with Crippen molar-refractivity contribution in [2.75, 3.05) is 18.0 Å². The van der Waals surface area contributed by atoms with E-state index in [4.69, 9.17) is 9.47 Å². The van der Waals surface area contributed by atoms with Crippen molar-refractivity contribution >= 4 is 49.3 Å². The molecule has 0 amide bonds. The molecule has 0 saturated carbocycles. The Morgan fingerprint density at radius 1 is 0.925 bits per heavy atom. The minimum atomic E-state index is -0.330. The zero-order valence-corrected chi connectivity index (χ0v) is 24.1. The quantitative estimate of drug-likeness (QED) is 0.163. The summed E-state index contributed by atoms with van der Waals surface area (Å²) in [4.78, 5) is 14.1. The molecular formula is C33H27BrFNO3S. The maximum Gasteiger partial charge on any atom is 0.153 e. The lowest BCUT2D eigenvalue weighted by Gasteiger charge is -2.31. The van der Waals surface area contributed by atoms with Gasteiger partial charge in [-0.05, 0) is 66.4 Å². The monoisotopic (exact) mass is 615 g/mol. The predicted octanol–water partition coefficient (Wildman–Crippen LogP) is 9.26. The average molecular weight is 617 g/mol. The molecule has 0 aliphatic carbocycles. The number of rotatable bonds is 8. The number of hydrogen-bond acceptors (Lipinski definition) is 5. The number of anilines is 1. The van der Waals surface area contributed by atoms with Crippen LogP contribution in [-0.4, -0.2) is 19.4 Å². The number of ether oxygens (including phenoxy) is 2. The third kappa shape index (κ3) is 5.76. The van der Waals surface area contributed by atoms with E-state index in [2.05, 4.69) is 15.9 Å². The van der Waals surface area contributed by atoms with Gasteiger partial charge in [0.1, 0.15) is 30.2 Å². The van der Waals surface area contributed by atoms with Crippen LogP contribution in [0.15, 0.2) is 95.5 Å². The molecule has 4 aromatic carbocycles. The van der Waals surface area contributed by atoms with Crippen molar-refractivity contribution in [2.24, 2.45) is 5.92 Å². The zero-order valence-electron chi connectivity index (χ0n) is 21.7. The van der Waals surface area contributed by atoms with Crippen LogP contribution in [0.5, 0.6) is 17.2 Å². The molecule has 1 aliphatic rings. The third-order valence-electron chi connectivity index (χ3n) is 7.18. The number of fused-ring (bicyclic) bond motifs is 1. The van der Waals surface area contributed by atoms with Crippen LogP contribution in [0.3, 0.4) is 0 Å². The van der Waals surface area contributed by atoms with Gasteiger partial charge in [-0.25, -0.2) is 4.39 Å². The summed E-state index contributed by atoms with van der Waals surface area (Å²) >= 11 is 5.14. The van der Waals surface area contributed by atoms with Crippen LogP contribution in [0.1, 0.15) is 18.4 Å². The molecule has 0 N–H and O–H groups in total. The molecule has 1 aromatic heterocycles. The third-order valence-corrected chi connectivity index (χ3v) is 8.89. The van der Waals surface area contributed by atoms with E-state index in [9.17, 15) is 4.79 Å². The predicted molar refractivity (Wildman–Crippen MR) is 163 cm³/mol. The summed E-state index contributed by atoms with van der Waals surface area (Å²) in [7, 11) is 0. The van der Waals surface area contributed by atoms with Gasteiger partial charge in [0, 0.05) is 39.6 Å². The topological polar surface area (TPSA) is 38.8 Å². The molecule has 0 radical (unpaired) electrons. The fraction of sp³-hybridized carbons (Fsp3) is 0.182. The van der Waals surface area contributed by atoms with E-state index in [0.717, 1.165) is 55.4 Å². The van der Waals surface area contributed by atoms with E-state index in [-0.39, 0.29) is 11.7 Å². The Morgan fingerprint density at radius 3 is 2.40 bits per heavy atom.